The molecule has 0 aromatic heterocycles. The molecule has 3 heteroatoms. The number of nitrogens with zero attached hydrogens (tertiary/aromatic N) is 1. The van der Waals surface area contributed by atoms with E-state index in [2.05, 4.69) is 4.90 Å². The number of rotatable bonds is 4. The number of hydrogen-bond donors (Lipinski definition) is 1. The van der Waals surface area contributed by atoms with Crippen LogP contribution in [0.25, 0.3) is 0 Å². The van der Waals surface area contributed by atoms with Crippen molar-refractivity contribution in [3.8, 4) is 0 Å². The molecule has 0 amide bonds. The molecule has 88 valence electrons. The van der Waals surface area contributed by atoms with Crippen LogP contribution in [-0.4, -0.2) is 19.1 Å². The van der Waals surface area contributed by atoms with Gasteiger partial charge in [0.1, 0.15) is 5.82 Å². The topological polar surface area (TPSA) is 29.3 Å². The number of benzene rings is 1. The molecular weight excluding hydrogens is 203 g/mol. The van der Waals surface area contributed by atoms with Gasteiger partial charge < -0.3 is 10.6 Å². The molecule has 1 aliphatic carbocycles. The zero-order chi connectivity index (χ0) is 11.7. The molecule has 2 N–H and O–H groups in total. The number of halogens is 1. The van der Waals surface area contributed by atoms with Gasteiger partial charge in [-0.05, 0) is 38.3 Å². The minimum absolute atomic E-state index is 0.0109. The lowest BCUT2D eigenvalue weighted by atomic mass is 10.0. The molecule has 0 radical (unpaired) electrons. The highest BCUT2D eigenvalue weighted by Crippen LogP contribution is 2.33. The Kier molecular flexibility index (Phi) is 3.15. The first-order chi connectivity index (χ1) is 7.59. The Hall–Kier alpha value is -1.09. The number of hydrogen-bond acceptors (Lipinski definition) is 2. The van der Waals surface area contributed by atoms with E-state index in [1.165, 1.54) is 18.9 Å². The Morgan fingerprint density at radius 2 is 2.19 bits per heavy atom. The van der Waals surface area contributed by atoms with Crippen LogP contribution < -0.4 is 10.6 Å². The van der Waals surface area contributed by atoms with Crippen molar-refractivity contribution in [2.45, 2.75) is 38.3 Å². The summed E-state index contributed by atoms with van der Waals surface area (Å²) in [5.41, 5.74) is 7.53. The van der Waals surface area contributed by atoms with Crippen molar-refractivity contribution in [2.75, 3.05) is 11.9 Å². The summed E-state index contributed by atoms with van der Waals surface area (Å²) in [5, 5.41) is 0. The van der Waals surface area contributed by atoms with Crippen LogP contribution >= 0.6 is 0 Å². The zero-order valence-electron chi connectivity index (χ0n) is 9.91. The standard InChI is InChI=1S/C13H19FN2/c1-9(15)8-11-12(14)4-3-5-13(11)16(2)10-6-7-10/h3-5,9-10H,6-8,15H2,1-2H3. The van der Waals surface area contributed by atoms with Crippen molar-refractivity contribution < 1.29 is 4.39 Å². The summed E-state index contributed by atoms with van der Waals surface area (Å²) in [6, 6.07) is 5.85. The van der Waals surface area contributed by atoms with E-state index in [1.54, 1.807) is 6.07 Å². The molecular formula is C13H19FN2. The lowest BCUT2D eigenvalue weighted by molar-refractivity contribution is 0.595. The van der Waals surface area contributed by atoms with E-state index < -0.39 is 0 Å². The van der Waals surface area contributed by atoms with Gasteiger partial charge in [-0.25, -0.2) is 4.39 Å². The molecule has 1 saturated carbocycles. The predicted octanol–water partition coefficient (Wildman–Crippen LogP) is 2.31. The molecule has 1 atom stereocenters. The first-order valence-corrected chi connectivity index (χ1v) is 5.85. The van der Waals surface area contributed by atoms with Crippen molar-refractivity contribution in [3.63, 3.8) is 0 Å². The average molecular weight is 222 g/mol. The third-order valence-corrected chi connectivity index (χ3v) is 3.09. The maximum absolute atomic E-state index is 13.8. The van der Waals surface area contributed by atoms with E-state index in [9.17, 15) is 4.39 Å². The van der Waals surface area contributed by atoms with E-state index in [1.807, 2.05) is 20.0 Å². The number of anilines is 1. The van der Waals surface area contributed by atoms with Crippen LogP contribution in [0.1, 0.15) is 25.3 Å². The van der Waals surface area contributed by atoms with E-state index in [-0.39, 0.29) is 11.9 Å². The van der Waals surface area contributed by atoms with E-state index in [0.717, 1.165) is 11.3 Å². The van der Waals surface area contributed by atoms with Crippen LogP contribution in [0.4, 0.5) is 10.1 Å². The van der Waals surface area contributed by atoms with Crippen LogP contribution in [0.5, 0.6) is 0 Å². The fourth-order valence-electron chi connectivity index (χ4n) is 2.06. The minimum Gasteiger partial charge on any atom is -0.371 e. The van der Waals surface area contributed by atoms with Gasteiger partial charge in [0.2, 0.25) is 0 Å². The van der Waals surface area contributed by atoms with E-state index >= 15 is 0 Å². The highest BCUT2D eigenvalue weighted by molar-refractivity contribution is 5.55. The van der Waals surface area contributed by atoms with Gasteiger partial charge in [0.15, 0.2) is 0 Å². The molecule has 2 nitrogen and oxygen atoms in total. The van der Waals surface area contributed by atoms with Crippen LogP contribution in [0.2, 0.25) is 0 Å². The summed E-state index contributed by atoms with van der Waals surface area (Å²) < 4.78 is 13.8. The Labute approximate surface area is 96.2 Å². The van der Waals surface area contributed by atoms with E-state index in [4.69, 9.17) is 5.73 Å². The van der Waals surface area contributed by atoms with Gasteiger partial charge in [0.25, 0.3) is 0 Å². The molecule has 1 aromatic rings. The molecule has 1 aliphatic rings. The van der Waals surface area contributed by atoms with Crippen LogP contribution in [0, 0.1) is 5.82 Å². The molecule has 0 heterocycles. The summed E-state index contributed by atoms with van der Waals surface area (Å²) in [6.45, 7) is 1.91. The fraction of sp³-hybridized carbons (Fsp3) is 0.538. The van der Waals surface area contributed by atoms with Gasteiger partial charge in [0.05, 0.1) is 0 Å². The second-order valence-electron chi connectivity index (χ2n) is 4.76. The van der Waals surface area contributed by atoms with Gasteiger partial charge in [-0.3, -0.25) is 0 Å². The normalized spacial score (nSPS) is 17.2. The number of nitrogens with two attached hydrogens (primary N) is 1. The summed E-state index contributed by atoms with van der Waals surface area (Å²) in [5.74, 6) is -0.137. The largest absolute Gasteiger partial charge is 0.371 e. The van der Waals surface area contributed by atoms with Crippen molar-refractivity contribution in [1.82, 2.24) is 0 Å². The zero-order valence-corrected chi connectivity index (χ0v) is 9.91. The Morgan fingerprint density at radius 1 is 1.50 bits per heavy atom. The summed E-state index contributed by atoms with van der Waals surface area (Å²) in [6.07, 6.45) is 3.02. The van der Waals surface area contributed by atoms with Crippen molar-refractivity contribution in [1.29, 1.82) is 0 Å². The highest BCUT2D eigenvalue weighted by atomic mass is 19.1. The molecule has 16 heavy (non-hydrogen) atoms. The second-order valence-corrected chi connectivity index (χ2v) is 4.76. The molecule has 1 aromatic carbocycles. The van der Waals surface area contributed by atoms with Crippen LogP contribution in [0.3, 0.4) is 0 Å². The van der Waals surface area contributed by atoms with Gasteiger partial charge in [-0.2, -0.15) is 0 Å². The minimum atomic E-state index is -0.137. The molecule has 2 rings (SSSR count). The highest BCUT2D eigenvalue weighted by Gasteiger charge is 2.28. The van der Waals surface area contributed by atoms with Gasteiger partial charge in [-0.1, -0.05) is 6.07 Å². The SMILES string of the molecule is CC(N)Cc1c(F)cccc1N(C)C1CC1. The second kappa shape index (κ2) is 4.42. The first kappa shape index (κ1) is 11.4. The maximum atomic E-state index is 13.8. The molecule has 1 fully saturated rings. The summed E-state index contributed by atoms with van der Waals surface area (Å²) in [4.78, 5) is 2.18. The Balaban J connectivity index is 2.30. The fourth-order valence-corrected chi connectivity index (χ4v) is 2.06. The van der Waals surface area contributed by atoms with Crippen LogP contribution in [-0.2, 0) is 6.42 Å². The first-order valence-electron chi connectivity index (χ1n) is 5.85. The molecule has 1 unspecified atom stereocenters. The smallest absolute Gasteiger partial charge is 0.128 e. The molecule has 0 aliphatic heterocycles. The van der Waals surface area contributed by atoms with Crippen molar-refractivity contribution in [3.05, 3.63) is 29.6 Å². The summed E-state index contributed by atoms with van der Waals surface area (Å²) in [7, 11) is 2.04. The van der Waals surface area contributed by atoms with Gasteiger partial charge in [-0.15, -0.1) is 0 Å². The van der Waals surface area contributed by atoms with E-state index in [0.29, 0.717) is 12.5 Å². The molecule has 0 bridgehead atoms. The Bertz CT molecular complexity index is 372. The van der Waals surface area contributed by atoms with Crippen molar-refractivity contribution in [2.24, 2.45) is 5.73 Å². The van der Waals surface area contributed by atoms with Gasteiger partial charge >= 0.3 is 0 Å². The maximum Gasteiger partial charge on any atom is 0.128 e. The van der Waals surface area contributed by atoms with Crippen LogP contribution in [0.15, 0.2) is 18.2 Å². The lowest BCUT2D eigenvalue weighted by Gasteiger charge is -2.23. The molecule has 0 spiro atoms. The van der Waals surface area contributed by atoms with Crippen molar-refractivity contribution >= 4 is 5.69 Å². The average Bonchev–Trinajstić information content (AvgIpc) is 3.03. The monoisotopic (exact) mass is 222 g/mol. The molecule has 0 saturated heterocycles. The van der Waals surface area contributed by atoms with Gasteiger partial charge in [0, 0.05) is 30.4 Å². The Morgan fingerprint density at radius 3 is 2.75 bits per heavy atom. The third-order valence-electron chi connectivity index (χ3n) is 3.09. The third kappa shape index (κ3) is 2.35. The summed E-state index contributed by atoms with van der Waals surface area (Å²) >= 11 is 0. The predicted molar refractivity (Wildman–Crippen MR) is 65.2 cm³/mol. The quantitative estimate of drug-likeness (QED) is 0.847. The lowest BCUT2D eigenvalue weighted by Crippen LogP contribution is -2.24.